The van der Waals surface area contributed by atoms with Gasteiger partial charge in [0.2, 0.25) is 6.79 Å². The van der Waals surface area contributed by atoms with E-state index in [2.05, 4.69) is 26.1 Å². The first-order valence-corrected chi connectivity index (χ1v) is 9.26. The highest BCUT2D eigenvalue weighted by atomic mass is 16.7. The summed E-state index contributed by atoms with van der Waals surface area (Å²) in [6.45, 7) is 6.30. The van der Waals surface area contributed by atoms with Gasteiger partial charge in [-0.1, -0.05) is 39.0 Å². The van der Waals surface area contributed by atoms with E-state index in [1.165, 1.54) is 5.56 Å². The van der Waals surface area contributed by atoms with Crippen molar-refractivity contribution in [2.75, 3.05) is 18.7 Å². The second kappa shape index (κ2) is 8.33. The summed E-state index contributed by atoms with van der Waals surface area (Å²) in [6.07, 6.45) is 0.693. The number of amides is 1. The zero-order valence-corrected chi connectivity index (χ0v) is 16.4. The van der Waals surface area contributed by atoms with E-state index in [9.17, 15) is 9.59 Å². The molecule has 0 bridgehead atoms. The molecule has 0 saturated heterocycles. The molecular formula is C22H25NO5. The van der Waals surface area contributed by atoms with Gasteiger partial charge in [-0.05, 0) is 47.2 Å². The Bertz CT molecular complexity index is 852. The fourth-order valence-corrected chi connectivity index (χ4v) is 2.81. The number of esters is 1. The molecule has 6 heteroatoms. The summed E-state index contributed by atoms with van der Waals surface area (Å²) in [5.74, 6) is 0.608. The van der Waals surface area contributed by atoms with Crippen LogP contribution in [0.25, 0.3) is 0 Å². The van der Waals surface area contributed by atoms with E-state index >= 15 is 0 Å². The van der Waals surface area contributed by atoms with Crippen molar-refractivity contribution in [2.45, 2.75) is 39.0 Å². The molecule has 0 unspecified atom stereocenters. The molecule has 2 aromatic rings. The van der Waals surface area contributed by atoms with Crippen LogP contribution in [0, 0.1) is 0 Å². The fraction of sp³-hybridized carbons (Fsp3) is 0.364. The lowest BCUT2D eigenvalue weighted by Crippen LogP contribution is -2.21. The Balaban J connectivity index is 1.41. The number of anilines is 1. The topological polar surface area (TPSA) is 73.9 Å². The zero-order valence-electron chi connectivity index (χ0n) is 16.4. The van der Waals surface area contributed by atoms with Crippen molar-refractivity contribution in [3.05, 3.63) is 53.6 Å². The Morgan fingerprint density at radius 1 is 1.04 bits per heavy atom. The lowest BCUT2D eigenvalue weighted by molar-refractivity contribution is -0.147. The van der Waals surface area contributed by atoms with Crippen molar-refractivity contribution in [3.8, 4) is 11.5 Å². The monoisotopic (exact) mass is 383 g/mol. The van der Waals surface area contributed by atoms with Crippen LogP contribution in [0.15, 0.2) is 42.5 Å². The average molecular weight is 383 g/mol. The van der Waals surface area contributed by atoms with E-state index in [0.29, 0.717) is 23.6 Å². The number of rotatable bonds is 6. The summed E-state index contributed by atoms with van der Waals surface area (Å²) in [5.41, 5.74) is 2.86. The summed E-state index contributed by atoms with van der Waals surface area (Å²) >= 11 is 0. The molecule has 0 spiro atoms. The fourth-order valence-electron chi connectivity index (χ4n) is 2.81. The number of carbonyl (C=O) groups excluding carboxylic acids is 2. The second-order valence-electron chi connectivity index (χ2n) is 7.72. The molecule has 0 aromatic heterocycles. The van der Waals surface area contributed by atoms with Gasteiger partial charge in [-0.3, -0.25) is 9.59 Å². The number of hydrogen-bond acceptors (Lipinski definition) is 5. The van der Waals surface area contributed by atoms with E-state index in [-0.39, 0.29) is 31.1 Å². The predicted molar refractivity (Wildman–Crippen MR) is 106 cm³/mol. The summed E-state index contributed by atoms with van der Waals surface area (Å²) in [4.78, 5) is 23.9. The molecule has 0 aliphatic carbocycles. The molecule has 148 valence electrons. The summed E-state index contributed by atoms with van der Waals surface area (Å²) in [7, 11) is 0. The van der Waals surface area contributed by atoms with Crippen LogP contribution in [-0.4, -0.2) is 25.3 Å². The molecule has 1 amide bonds. The molecule has 0 saturated carbocycles. The van der Waals surface area contributed by atoms with Gasteiger partial charge in [0, 0.05) is 12.1 Å². The second-order valence-corrected chi connectivity index (χ2v) is 7.72. The first-order chi connectivity index (χ1) is 13.3. The molecule has 6 nitrogen and oxygen atoms in total. The number of aryl methyl sites for hydroxylation is 1. The van der Waals surface area contributed by atoms with Gasteiger partial charge in [0.1, 0.15) is 0 Å². The number of benzene rings is 2. The van der Waals surface area contributed by atoms with Crippen LogP contribution in [0.4, 0.5) is 5.69 Å². The maximum atomic E-state index is 12.0. The lowest BCUT2D eigenvalue weighted by Gasteiger charge is -2.19. The van der Waals surface area contributed by atoms with Gasteiger partial charge < -0.3 is 19.5 Å². The molecule has 1 N–H and O–H groups in total. The Hall–Kier alpha value is -3.02. The van der Waals surface area contributed by atoms with Gasteiger partial charge in [-0.2, -0.15) is 0 Å². The third-order valence-electron chi connectivity index (χ3n) is 4.45. The first kappa shape index (κ1) is 19.7. The maximum absolute atomic E-state index is 12.0. The minimum atomic E-state index is -0.420. The molecule has 2 aromatic carbocycles. The largest absolute Gasteiger partial charge is 0.456 e. The van der Waals surface area contributed by atoms with Crippen LogP contribution in [0.3, 0.4) is 0 Å². The van der Waals surface area contributed by atoms with Crippen LogP contribution in [0.5, 0.6) is 11.5 Å². The lowest BCUT2D eigenvalue weighted by atomic mass is 9.87. The molecular weight excluding hydrogens is 358 g/mol. The van der Waals surface area contributed by atoms with Gasteiger partial charge in [0.15, 0.2) is 18.1 Å². The molecule has 28 heavy (non-hydrogen) atoms. The zero-order chi connectivity index (χ0) is 20.1. The summed E-state index contributed by atoms with van der Waals surface area (Å²) in [5, 5.41) is 2.73. The maximum Gasteiger partial charge on any atom is 0.306 e. The van der Waals surface area contributed by atoms with E-state index in [0.717, 1.165) is 5.56 Å². The van der Waals surface area contributed by atoms with Gasteiger partial charge in [-0.25, -0.2) is 0 Å². The van der Waals surface area contributed by atoms with Gasteiger partial charge >= 0.3 is 5.97 Å². The van der Waals surface area contributed by atoms with Crippen molar-refractivity contribution in [1.29, 1.82) is 0 Å². The standard InChI is InChI=1S/C22H25NO5/c1-22(2,3)16-6-8-17(9-7-16)23-20(24)13-26-21(25)11-5-15-4-10-18-19(12-15)28-14-27-18/h4,6-10,12H,5,11,13-14H2,1-3H3,(H,23,24). The van der Waals surface area contributed by atoms with Crippen LogP contribution < -0.4 is 14.8 Å². The highest BCUT2D eigenvalue weighted by molar-refractivity contribution is 5.92. The molecule has 0 radical (unpaired) electrons. The molecule has 3 rings (SSSR count). The van der Waals surface area contributed by atoms with Crippen LogP contribution in [0.1, 0.15) is 38.3 Å². The smallest absolute Gasteiger partial charge is 0.306 e. The Kier molecular flexibility index (Phi) is 5.87. The van der Waals surface area contributed by atoms with E-state index in [4.69, 9.17) is 14.2 Å². The van der Waals surface area contributed by atoms with Crippen LogP contribution in [-0.2, 0) is 26.2 Å². The summed E-state index contributed by atoms with van der Waals surface area (Å²) < 4.78 is 15.6. The highest BCUT2D eigenvalue weighted by Gasteiger charge is 2.15. The number of ether oxygens (including phenoxy) is 3. The molecule has 1 heterocycles. The first-order valence-electron chi connectivity index (χ1n) is 9.26. The molecule has 1 aliphatic heterocycles. The van der Waals surface area contributed by atoms with E-state index < -0.39 is 5.97 Å². The minimum absolute atomic E-state index is 0.0516. The normalized spacial score (nSPS) is 12.5. The minimum Gasteiger partial charge on any atom is -0.456 e. The summed E-state index contributed by atoms with van der Waals surface area (Å²) in [6, 6.07) is 13.2. The van der Waals surface area contributed by atoms with E-state index in [1.807, 2.05) is 42.5 Å². The third-order valence-corrected chi connectivity index (χ3v) is 4.45. The Morgan fingerprint density at radius 3 is 2.46 bits per heavy atom. The molecule has 0 fully saturated rings. The van der Waals surface area contributed by atoms with Crippen molar-refractivity contribution in [3.63, 3.8) is 0 Å². The highest BCUT2D eigenvalue weighted by Crippen LogP contribution is 2.32. The average Bonchev–Trinajstić information content (AvgIpc) is 3.12. The number of nitrogens with one attached hydrogen (secondary N) is 1. The third kappa shape index (κ3) is 5.25. The Labute approximate surface area is 164 Å². The van der Waals surface area contributed by atoms with Crippen molar-refractivity contribution in [1.82, 2.24) is 0 Å². The number of hydrogen-bond donors (Lipinski definition) is 1. The predicted octanol–water partition coefficient (Wildman–Crippen LogP) is 3.83. The molecule has 0 atom stereocenters. The Morgan fingerprint density at radius 2 is 1.75 bits per heavy atom. The van der Waals surface area contributed by atoms with Gasteiger partial charge in [0.25, 0.3) is 5.91 Å². The molecule has 1 aliphatic rings. The van der Waals surface area contributed by atoms with Gasteiger partial charge in [0.05, 0.1) is 0 Å². The van der Waals surface area contributed by atoms with E-state index in [1.54, 1.807) is 0 Å². The van der Waals surface area contributed by atoms with Crippen LogP contribution >= 0.6 is 0 Å². The van der Waals surface area contributed by atoms with Crippen molar-refractivity contribution in [2.24, 2.45) is 0 Å². The van der Waals surface area contributed by atoms with Crippen molar-refractivity contribution >= 4 is 17.6 Å². The quantitative estimate of drug-likeness (QED) is 0.768. The number of carbonyl (C=O) groups is 2. The van der Waals surface area contributed by atoms with Crippen LogP contribution in [0.2, 0.25) is 0 Å². The number of fused-ring (bicyclic) bond motifs is 1. The van der Waals surface area contributed by atoms with Crippen molar-refractivity contribution < 1.29 is 23.8 Å². The van der Waals surface area contributed by atoms with Gasteiger partial charge in [-0.15, -0.1) is 0 Å². The SMILES string of the molecule is CC(C)(C)c1ccc(NC(=O)COC(=O)CCc2ccc3c(c2)OCO3)cc1.